The van der Waals surface area contributed by atoms with Gasteiger partial charge < -0.3 is 24.8 Å². The Morgan fingerprint density at radius 3 is 2.60 bits per heavy atom. The van der Waals surface area contributed by atoms with Crippen molar-refractivity contribution in [2.45, 2.75) is 13.3 Å². The van der Waals surface area contributed by atoms with Gasteiger partial charge in [0.05, 0.1) is 6.42 Å². The number of ether oxygens (including phenoxy) is 3. The lowest BCUT2D eigenvalue weighted by Gasteiger charge is -2.09. The summed E-state index contributed by atoms with van der Waals surface area (Å²) >= 11 is 0. The molecule has 2 N–H and O–H groups in total. The summed E-state index contributed by atoms with van der Waals surface area (Å²) in [5.41, 5.74) is 1.46. The summed E-state index contributed by atoms with van der Waals surface area (Å²) in [6, 6.07) is 13.8. The van der Waals surface area contributed by atoms with E-state index in [2.05, 4.69) is 20.6 Å². The zero-order valence-corrected chi connectivity index (χ0v) is 16.0. The molecule has 3 aromatic rings. The van der Waals surface area contributed by atoms with Crippen LogP contribution in [-0.2, 0) is 16.0 Å². The normalized spacial score (nSPS) is 11.6. The highest BCUT2D eigenvalue weighted by atomic mass is 16.7. The van der Waals surface area contributed by atoms with Crippen LogP contribution >= 0.6 is 0 Å². The fraction of sp³-hybridized carbons (Fsp3) is 0.143. The lowest BCUT2D eigenvalue weighted by molar-refractivity contribution is -0.116. The highest BCUT2D eigenvalue weighted by molar-refractivity contribution is 5.92. The number of hydrogen-bond acceptors (Lipinski definition) is 7. The summed E-state index contributed by atoms with van der Waals surface area (Å²) in [4.78, 5) is 31.4. The molecule has 1 aliphatic heterocycles. The number of benzene rings is 2. The molecule has 2 heterocycles. The molecule has 4 rings (SSSR count). The van der Waals surface area contributed by atoms with Gasteiger partial charge in [-0.25, -0.2) is 9.97 Å². The third kappa shape index (κ3) is 4.82. The van der Waals surface area contributed by atoms with E-state index in [1.807, 2.05) is 6.07 Å². The van der Waals surface area contributed by atoms with Crippen LogP contribution in [0.3, 0.4) is 0 Å². The molecule has 0 unspecified atom stereocenters. The fourth-order valence-corrected chi connectivity index (χ4v) is 2.81. The van der Waals surface area contributed by atoms with Crippen molar-refractivity contribution >= 4 is 23.3 Å². The third-order valence-electron chi connectivity index (χ3n) is 4.11. The first-order valence-corrected chi connectivity index (χ1v) is 9.11. The minimum absolute atomic E-state index is 0.154. The van der Waals surface area contributed by atoms with Gasteiger partial charge in [0.15, 0.2) is 11.5 Å². The van der Waals surface area contributed by atoms with Crippen LogP contribution in [0, 0.1) is 0 Å². The molecule has 1 aliphatic rings. The number of nitrogens with zero attached hydrogens (tertiary/aromatic N) is 2. The van der Waals surface area contributed by atoms with Crippen LogP contribution in [-0.4, -0.2) is 28.6 Å². The number of aromatic nitrogens is 2. The van der Waals surface area contributed by atoms with Crippen LogP contribution < -0.4 is 24.8 Å². The van der Waals surface area contributed by atoms with Crippen LogP contribution in [0.4, 0.5) is 11.5 Å². The molecule has 30 heavy (non-hydrogen) atoms. The Morgan fingerprint density at radius 2 is 1.80 bits per heavy atom. The maximum Gasteiger partial charge on any atom is 0.231 e. The van der Waals surface area contributed by atoms with Crippen LogP contribution in [0.15, 0.2) is 54.9 Å². The first-order valence-electron chi connectivity index (χ1n) is 9.11. The average molecular weight is 406 g/mol. The van der Waals surface area contributed by atoms with Crippen molar-refractivity contribution in [3.05, 3.63) is 60.4 Å². The monoisotopic (exact) mass is 406 g/mol. The Balaban J connectivity index is 1.34. The molecule has 0 atom stereocenters. The summed E-state index contributed by atoms with van der Waals surface area (Å²) in [5, 5.41) is 5.40. The van der Waals surface area contributed by atoms with Gasteiger partial charge in [-0.05, 0) is 42.0 Å². The van der Waals surface area contributed by atoms with E-state index in [0.29, 0.717) is 28.8 Å². The molecular formula is C21H18N4O5. The molecule has 0 fully saturated rings. The van der Waals surface area contributed by atoms with Gasteiger partial charge in [-0.3, -0.25) is 9.59 Å². The Labute approximate surface area is 172 Å². The van der Waals surface area contributed by atoms with E-state index in [0.717, 1.165) is 5.56 Å². The number of nitrogens with one attached hydrogen (secondary N) is 2. The molecule has 2 aromatic carbocycles. The van der Waals surface area contributed by atoms with Crippen LogP contribution in [0.25, 0.3) is 0 Å². The van der Waals surface area contributed by atoms with E-state index in [9.17, 15) is 9.59 Å². The number of amides is 2. The van der Waals surface area contributed by atoms with Crippen molar-refractivity contribution in [3.8, 4) is 23.1 Å². The highest BCUT2D eigenvalue weighted by Gasteiger charge is 2.14. The molecule has 9 nitrogen and oxygen atoms in total. The van der Waals surface area contributed by atoms with Crippen molar-refractivity contribution in [2.75, 3.05) is 17.4 Å². The van der Waals surface area contributed by atoms with Gasteiger partial charge in [-0.2, -0.15) is 0 Å². The SMILES string of the molecule is CC(=O)Nc1cc(Oc2ccc(NC(=O)Cc3ccc4c(c3)OCO4)cc2)ncn1. The molecule has 9 heteroatoms. The zero-order valence-electron chi connectivity index (χ0n) is 16.0. The van der Waals surface area contributed by atoms with Crippen LogP contribution in [0.5, 0.6) is 23.1 Å². The third-order valence-corrected chi connectivity index (χ3v) is 4.11. The molecule has 0 saturated heterocycles. The molecule has 1 aromatic heterocycles. The lowest BCUT2D eigenvalue weighted by atomic mass is 10.1. The van der Waals surface area contributed by atoms with Crippen molar-refractivity contribution in [1.82, 2.24) is 9.97 Å². The van der Waals surface area contributed by atoms with Gasteiger partial charge in [0, 0.05) is 18.7 Å². The number of hydrogen-bond donors (Lipinski definition) is 2. The van der Waals surface area contributed by atoms with Gasteiger partial charge in [0.1, 0.15) is 17.9 Å². The smallest absolute Gasteiger partial charge is 0.231 e. The molecular weight excluding hydrogens is 388 g/mol. The second-order valence-corrected chi connectivity index (χ2v) is 6.46. The predicted octanol–water partition coefficient (Wildman–Crippen LogP) is 3.14. The van der Waals surface area contributed by atoms with Crippen molar-refractivity contribution < 1.29 is 23.8 Å². The van der Waals surface area contributed by atoms with E-state index in [4.69, 9.17) is 14.2 Å². The van der Waals surface area contributed by atoms with Gasteiger partial charge in [0.25, 0.3) is 0 Å². The van der Waals surface area contributed by atoms with E-state index >= 15 is 0 Å². The summed E-state index contributed by atoms with van der Waals surface area (Å²) in [7, 11) is 0. The first-order chi connectivity index (χ1) is 14.5. The number of fused-ring (bicyclic) bond motifs is 1. The van der Waals surface area contributed by atoms with Crippen molar-refractivity contribution in [2.24, 2.45) is 0 Å². The minimum Gasteiger partial charge on any atom is -0.454 e. The quantitative estimate of drug-likeness (QED) is 0.647. The Morgan fingerprint density at radius 1 is 1.00 bits per heavy atom. The van der Waals surface area contributed by atoms with Gasteiger partial charge in [-0.15, -0.1) is 0 Å². The summed E-state index contributed by atoms with van der Waals surface area (Å²) in [6.45, 7) is 1.59. The molecule has 0 saturated carbocycles. The lowest BCUT2D eigenvalue weighted by Crippen LogP contribution is -2.14. The maximum absolute atomic E-state index is 12.3. The number of carbonyl (C=O) groups is 2. The van der Waals surface area contributed by atoms with E-state index < -0.39 is 0 Å². The van der Waals surface area contributed by atoms with E-state index in [1.165, 1.54) is 19.3 Å². The highest BCUT2D eigenvalue weighted by Crippen LogP contribution is 2.32. The minimum atomic E-state index is -0.236. The van der Waals surface area contributed by atoms with Gasteiger partial charge in [0.2, 0.25) is 24.5 Å². The largest absolute Gasteiger partial charge is 0.454 e. The number of anilines is 2. The molecule has 0 aliphatic carbocycles. The van der Waals surface area contributed by atoms with Crippen molar-refractivity contribution in [1.29, 1.82) is 0 Å². The summed E-state index contributed by atoms with van der Waals surface area (Å²) < 4.78 is 16.3. The second kappa shape index (κ2) is 8.48. The zero-order chi connectivity index (χ0) is 20.9. The summed E-state index contributed by atoms with van der Waals surface area (Å²) in [6.07, 6.45) is 1.51. The first kappa shape index (κ1) is 19.2. The van der Waals surface area contributed by atoms with Gasteiger partial charge >= 0.3 is 0 Å². The molecule has 0 radical (unpaired) electrons. The summed E-state index contributed by atoms with van der Waals surface area (Å²) in [5.74, 6) is 2.10. The van der Waals surface area contributed by atoms with Crippen molar-refractivity contribution in [3.63, 3.8) is 0 Å². The molecule has 2 amide bonds. The van der Waals surface area contributed by atoms with E-state index in [1.54, 1.807) is 36.4 Å². The van der Waals surface area contributed by atoms with Crippen LogP contribution in [0.1, 0.15) is 12.5 Å². The molecule has 152 valence electrons. The second-order valence-electron chi connectivity index (χ2n) is 6.46. The van der Waals surface area contributed by atoms with Gasteiger partial charge in [-0.1, -0.05) is 6.07 Å². The Bertz CT molecular complexity index is 1090. The topological polar surface area (TPSA) is 112 Å². The number of rotatable bonds is 6. The van der Waals surface area contributed by atoms with E-state index in [-0.39, 0.29) is 30.9 Å². The predicted molar refractivity (Wildman–Crippen MR) is 108 cm³/mol. The fourth-order valence-electron chi connectivity index (χ4n) is 2.81. The Hall–Kier alpha value is -4.14. The molecule has 0 spiro atoms. The molecule has 0 bridgehead atoms. The standard InChI is InChI=1S/C21H18N4O5/c1-13(26)24-19-10-21(23-11-22-19)30-16-5-3-15(4-6-16)25-20(27)9-14-2-7-17-18(8-14)29-12-28-17/h2-8,10-11H,9,12H2,1H3,(H,25,27)(H,22,23,24,26). The number of carbonyl (C=O) groups excluding carboxylic acids is 2. The average Bonchev–Trinajstić information content (AvgIpc) is 3.17. The Kier molecular flexibility index (Phi) is 5.42. The van der Waals surface area contributed by atoms with Crippen LogP contribution in [0.2, 0.25) is 0 Å². The maximum atomic E-state index is 12.3.